The molecule has 4 nitrogen and oxygen atoms in total. The summed E-state index contributed by atoms with van der Waals surface area (Å²) < 4.78 is 11.3. The van der Waals surface area contributed by atoms with Gasteiger partial charge in [0.05, 0.1) is 7.11 Å². The number of amides is 1. The Morgan fingerprint density at radius 3 is 2.80 bits per heavy atom. The Kier molecular flexibility index (Phi) is 4.89. The third-order valence-electron chi connectivity index (χ3n) is 5.23. The highest BCUT2D eigenvalue weighted by Gasteiger charge is 2.20. The number of likely N-dealkylation sites (tertiary alicyclic amines) is 1. The van der Waals surface area contributed by atoms with Crippen molar-refractivity contribution in [3.05, 3.63) is 35.1 Å². The summed E-state index contributed by atoms with van der Waals surface area (Å²) in [4.78, 5) is 14.6. The van der Waals surface area contributed by atoms with Crippen LogP contribution < -0.4 is 4.74 Å². The number of carbonyl (C=O) groups excluding carboxylic acids is 1. The van der Waals surface area contributed by atoms with Crippen LogP contribution >= 0.6 is 0 Å². The van der Waals surface area contributed by atoms with E-state index in [4.69, 9.17) is 9.15 Å². The van der Waals surface area contributed by atoms with Crippen LogP contribution in [-0.2, 0) is 4.79 Å². The lowest BCUT2D eigenvalue weighted by atomic mass is 9.99. The highest BCUT2D eigenvalue weighted by Crippen LogP contribution is 2.34. The molecule has 134 valence electrons. The Hall–Kier alpha value is -2.23. The first-order valence-corrected chi connectivity index (χ1v) is 8.96. The molecule has 0 saturated carbocycles. The predicted molar refractivity (Wildman–Crippen MR) is 101 cm³/mol. The van der Waals surface area contributed by atoms with E-state index >= 15 is 0 Å². The standard InChI is InChI=1S/C21H27NO3/c1-13-7-6-8-22(12-13)21(23)9-14(2)17-10-18-15(3)16(4)25-20(18)11-19(17)24-5/h9-11,13H,6-8,12H2,1-5H3/b14-9+. The normalized spacial score (nSPS) is 18.7. The van der Waals surface area contributed by atoms with Crippen LogP contribution in [-0.4, -0.2) is 31.0 Å². The highest BCUT2D eigenvalue weighted by molar-refractivity contribution is 5.97. The Morgan fingerprint density at radius 1 is 1.36 bits per heavy atom. The number of nitrogens with zero attached hydrogens (tertiary/aromatic N) is 1. The summed E-state index contributed by atoms with van der Waals surface area (Å²) in [6, 6.07) is 3.98. The number of piperidine rings is 1. The summed E-state index contributed by atoms with van der Waals surface area (Å²) >= 11 is 0. The Morgan fingerprint density at radius 2 is 2.12 bits per heavy atom. The molecule has 0 spiro atoms. The topological polar surface area (TPSA) is 42.7 Å². The van der Waals surface area contributed by atoms with Crippen molar-refractivity contribution in [2.24, 2.45) is 5.92 Å². The van der Waals surface area contributed by atoms with Crippen LogP contribution in [0.5, 0.6) is 5.75 Å². The molecule has 1 amide bonds. The monoisotopic (exact) mass is 341 g/mol. The summed E-state index contributed by atoms with van der Waals surface area (Å²) in [5.41, 5.74) is 3.81. The number of rotatable bonds is 3. The number of carbonyl (C=O) groups is 1. The van der Waals surface area contributed by atoms with E-state index in [9.17, 15) is 4.79 Å². The van der Waals surface area contributed by atoms with E-state index in [2.05, 4.69) is 19.9 Å². The van der Waals surface area contributed by atoms with Crippen LogP contribution in [0.25, 0.3) is 16.5 Å². The fourth-order valence-corrected chi connectivity index (χ4v) is 3.59. The summed E-state index contributed by atoms with van der Waals surface area (Å²) in [6.07, 6.45) is 4.03. The first-order chi connectivity index (χ1) is 11.9. The SMILES string of the molecule is COc1cc2oc(C)c(C)c2cc1/C(C)=C/C(=O)N1CCCC(C)C1. The maximum atomic E-state index is 12.7. The average Bonchev–Trinajstić information content (AvgIpc) is 2.87. The zero-order chi connectivity index (χ0) is 18.1. The van der Waals surface area contributed by atoms with Crippen molar-refractivity contribution in [3.8, 4) is 5.75 Å². The van der Waals surface area contributed by atoms with Gasteiger partial charge in [-0.2, -0.15) is 0 Å². The van der Waals surface area contributed by atoms with Crippen molar-refractivity contribution >= 4 is 22.4 Å². The minimum absolute atomic E-state index is 0.0892. The van der Waals surface area contributed by atoms with Gasteiger partial charge in [0.15, 0.2) is 0 Å². The number of benzene rings is 1. The number of allylic oxidation sites excluding steroid dienone is 1. The average molecular weight is 341 g/mol. The second-order valence-electron chi connectivity index (χ2n) is 7.19. The molecule has 1 saturated heterocycles. The van der Waals surface area contributed by atoms with Crippen LogP contribution in [0.2, 0.25) is 0 Å². The van der Waals surface area contributed by atoms with E-state index in [1.54, 1.807) is 13.2 Å². The quantitative estimate of drug-likeness (QED) is 0.759. The largest absolute Gasteiger partial charge is 0.496 e. The van der Waals surface area contributed by atoms with Gasteiger partial charge in [0.1, 0.15) is 17.1 Å². The molecular formula is C21H27NO3. The van der Waals surface area contributed by atoms with E-state index in [-0.39, 0.29) is 5.91 Å². The molecule has 2 aromatic rings. The summed E-state index contributed by atoms with van der Waals surface area (Å²) in [6.45, 7) is 9.89. The van der Waals surface area contributed by atoms with Crippen molar-refractivity contribution in [1.82, 2.24) is 4.90 Å². The van der Waals surface area contributed by atoms with Crippen molar-refractivity contribution in [2.45, 2.75) is 40.5 Å². The second kappa shape index (κ2) is 6.95. The summed E-state index contributed by atoms with van der Waals surface area (Å²) in [5.74, 6) is 2.31. The van der Waals surface area contributed by atoms with Gasteiger partial charge in [-0.05, 0) is 56.7 Å². The zero-order valence-corrected chi connectivity index (χ0v) is 15.8. The van der Waals surface area contributed by atoms with Gasteiger partial charge < -0.3 is 14.1 Å². The molecule has 1 fully saturated rings. The van der Waals surface area contributed by atoms with Crippen molar-refractivity contribution in [2.75, 3.05) is 20.2 Å². The van der Waals surface area contributed by atoms with Crippen LogP contribution in [0.15, 0.2) is 22.6 Å². The second-order valence-corrected chi connectivity index (χ2v) is 7.19. The third kappa shape index (κ3) is 3.44. The van der Waals surface area contributed by atoms with Crippen molar-refractivity contribution in [3.63, 3.8) is 0 Å². The number of furan rings is 1. The molecule has 0 bridgehead atoms. The first-order valence-electron chi connectivity index (χ1n) is 8.96. The lowest BCUT2D eigenvalue weighted by Crippen LogP contribution is -2.38. The molecule has 1 aliphatic heterocycles. The van der Waals surface area contributed by atoms with E-state index < -0.39 is 0 Å². The van der Waals surface area contributed by atoms with Gasteiger partial charge in [0.25, 0.3) is 0 Å². The van der Waals surface area contributed by atoms with Crippen LogP contribution in [0.3, 0.4) is 0 Å². The molecule has 1 aliphatic rings. The summed E-state index contributed by atoms with van der Waals surface area (Å²) in [5, 5.41) is 1.07. The minimum atomic E-state index is 0.0892. The van der Waals surface area contributed by atoms with Gasteiger partial charge >= 0.3 is 0 Å². The maximum absolute atomic E-state index is 12.7. The molecule has 0 radical (unpaired) electrons. The van der Waals surface area contributed by atoms with E-state index in [1.807, 2.05) is 24.8 Å². The van der Waals surface area contributed by atoms with Gasteiger partial charge in [-0.15, -0.1) is 0 Å². The van der Waals surface area contributed by atoms with E-state index in [0.29, 0.717) is 5.92 Å². The third-order valence-corrected chi connectivity index (χ3v) is 5.23. The van der Waals surface area contributed by atoms with Gasteiger partial charge in [-0.3, -0.25) is 4.79 Å². The van der Waals surface area contributed by atoms with Crippen molar-refractivity contribution < 1.29 is 13.9 Å². The van der Waals surface area contributed by atoms with Crippen LogP contribution in [0, 0.1) is 19.8 Å². The first kappa shape index (κ1) is 17.6. The Bertz CT molecular complexity index is 831. The molecule has 2 heterocycles. The number of aryl methyl sites for hydroxylation is 2. The lowest BCUT2D eigenvalue weighted by molar-refractivity contribution is -0.127. The van der Waals surface area contributed by atoms with Gasteiger partial charge in [-0.1, -0.05) is 6.92 Å². The smallest absolute Gasteiger partial charge is 0.246 e. The molecule has 1 aromatic carbocycles. The summed E-state index contributed by atoms with van der Waals surface area (Å²) in [7, 11) is 1.65. The number of hydrogen-bond donors (Lipinski definition) is 0. The molecule has 25 heavy (non-hydrogen) atoms. The lowest BCUT2D eigenvalue weighted by Gasteiger charge is -2.30. The van der Waals surface area contributed by atoms with Crippen molar-refractivity contribution in [1.29, 1.82) is 0 Å². The molecule has 0 N–H and O–H groups in total. The number of hydrogen-bond acceptors (Lipinski definition) is 3. The van der Waals surface area contributed by atoms with E-state index in [1.165, 1.54) is 6.42 Å². The number of methoxy groups -OCH3 is 1. The Balaban J connectivity index is 1.96. The minimum Gasteiger partial charge on any atom is -0.496 e. The fourth-order valence-electron chi connectivity index (χ4n) is 3.59. The molecule has 1 aromatic heterocycles. The number of fused-ring (bicyclic) bond motifs is 1. The molecular weight excluding hydrogens is 314 g/mol. The molecule has 0 aliphatic carbocycles. The molecule has 1 unspecified atom stereocenters. The van der Waals surface area contributed by atoms with Crippen LogP contribution in [0.4, 0.5) is 0 Å². The Labute approximate surface area is 149 Å². The fraction of sp³-hybridized carbons (Fsp3) is 0.476. The molecule has 4 heteroatoms. The van der Waals surface area contributed by atoms with E-state index in [0.717, 1.165) is 58.7 Å². The molecule has 3 rings (SSSR count). The van der Waals surface area contributed by atoms with Crippen LogP contribution in [0.1, 0.15) is 43.6 Å². The van der Waals surface area contributed by atoms with Gasteiger partial charge in [0, 0.05) is 36.2 Å². The van der Waals surface area contributed by atoms with Gasteiger partial charge in [0.2, 0.25) is 5.91 Å². The predicted octanol–water partition coefficient (Wildman–Crippen LogP) is 4.72. The highest BCUT2D eigenvalue weighted by atomic mass is 16.5. The number of ether oxygens (including phenoxy) is 1. The maximum Gasteiger partial charge on any atom is 0.246 e. The van der Waals surface area contributed by atoms with Gasteiger partial charge in [-0.25, -0.2) is 0 Å². The molecule has 1 atom stereocenters. The zero-order valence-electron chi connectivity index (χ0n) is 15.8.